The summed E-state index contributed by atoms with van der Waals surface area (Å²) in [6.45, 7) is 7.05. The van der Waals surface area contributed by atoms with Crippen LogP contribution in [-0.4, -0.2) is 46.7 Å². The highest BCUT2D eigenvalue weighted by Gasteiger charge is 2.34. The van der Waals surface area contributed by atoms with Crippen LogP contribution < -0.4 is 5.32 Å². The fourth-order valence-corrected chi connectivity index (χ4v) is 2.65. The van der Waals surface area contributed by atoms with E-state index in [1.54, 1.807) is 23.5 Å². The normalized spacial score (nSPS) is 20.4. The molecule has 0 aliphatic carbocycles. The van der Waals surface area contributed by atoms with E-state index in [9.17, 15) is 4.79 Å². The molecule has 1 N–H and O–H groups in total. The number of carbonyl (C=O) groups excluding carboxylic acids is 1. The van der Waals surface area contributed by atoms with Gasteiger partial charge in [-0.25, -0.2) is 4.79 Å². The van der Waals surface area contributed by atoms with Gasteiger partial charge >= 0.3 is 6.09 Å². The summed E-state index contributed by atoms with van der Waals surface area (Å²) in [6.07, 6.45) is 5.83. The van der Waals surface area contributed by atoms with Crippen molar-refractivity contribution in [2.24, 2.45) is 5.92 Å². The molecule has 1 aromatic heterocycles. The Balaban J connectivity index is 1.99. The number of hydrogen-bond donors (Lipinski definition) is 1. The third kappa shape index (κ3) is 4.14. The molecule has 2 rings (SSSR count). The second-order valence-corrected chi connectivity index (χ2v) is 6.37. The average Bonchev–Trinajstić information content (AvgIpc) is 2.89. The maximum absolute atomic E-state index is 12.1. The molecule has 1 saturated heterocycles. The van der Waals surface area contributed by atoms with Gasteiger partial charge in [0.05, 0.1) is 11.7 Å². The number of rotatable bonds is 3. The molecule has 0 saturated carbocycles. The Morgan fingerprint density at radius 1 is 1.48 bits per heavy atom. The lowest BCUT2D eigenvalue weighted by molar-refractivity contribution is 0.0285. The third-order valence-corrected chi connectivity index (χ3v) is 3.56. The number of nitrogens with zero attached hydrogens (tertiary/aromatic N) is 3. The van der Waals surface area contributed by atoms with E-state index >= 15 is 0 Å². The molecular formula is C15H24N4O2. The van der Waals surface area contributed by atoms with E-state index in [2.05, 4.69) is 15.3 Å². The topological polar surface area (TPSA) is 67.4 Å². The first kappa shape index (κ1) is 15.7. The van der Waals surface area contributed by atoms with E-state index < -0.39 is 5.60 Å². The number of likely N-dealkylation sites (tertiary alicyclic amines) is 1. The van der Waals surface area contributed by atoms with Gasteiger partial charge in [0.1, 0.15) is 5.60 Å². The molecule has 0 aromatic carbocycles. The van der Waals surface area contributed by atoms with Crippen molar-refractivity contribution in [3.8, 4) is 0 Å². The van der Waals surface area contributed by atoms with Gasteiger partial charge in [-0.05, 0) is 40.2 Å². The summed E-state index contributed by atoms with van der Waals surface area (Å²) in [4.78, 5) is 22.4. The lowest BCUT2D eigenvalue weighted by Crippen LogP contribution is -2.36. The minimum absolute atomic E-state index is 0.103. The molecule has 1 aliphatic rings. The molecular weight excluding hydrogens is 268 g/mol. The summed E-state index contributed by atoms with van der Waals surface area (Å²) < 4.78 is 5.43. The first-order valence-corrected chi connectivity index (χ1v) is 7.32. The monoisotopic (exact) mass is 292 g/mol. The maximum Gasteiger partial charge on any atom is 0.410 e. The van der Waals surface area contributed by atoms with Crippen LogP contribution in [0.15, 0.2) is 18.6 Å². The molecule has 2 atom stereocenters. The summed E-state index contributed by atoms with van der Waals surface area (Å²) in [5, 5.41) is 3.29. The van der Waals surface area contributed by atoms with Gasteiger partial charge in [-0.15, -0.1) is 0 Å². The first-order valence-electron chi connectivity index (χ1n) is 7.32. The van der Waals surface area contributed by atoms with Crippen molar-refractivity contribution >= 4 is 6.09 Å². The van der Waals surface area contributed by atoms with Crippen molar-refractivity contribution in [1.29, 1.82) is 0 Å². The highest BCUT2D eigenvalue weighted by atomic mass is 16.6. The quantitative estimate of drug-likeness (QED) is 0.923. The van der Waals surface area contributed by atoms with Gasteiger partial charge in [0, 0.05) is 31.7 Å². The summed E-state index contributed by atoms with van der Waals surface area (Å²) >= 11 is 0. The van der Waals surface area contributed by atoms with E-state index in [-0.39, 0.29) is 12.1 Å². The lowest BCUT2D eigenvalue weighted by atomic mass is 9.96. The minimum atomic E-state index is -0.456. The van der Waals surface area contributed by atoms with Crippen LogP contribution in [0.1, 0.15) is 38.9 Å². The van der Waals surface area contributed by atoms with Crippen molar-refractivity contribution in [1.82, 2.24) is 20.2 Å². The molecule has 0 spiro atoms. The molecule has 1 aromatic rings. The summed E-state index contributed by atoms with van der Waals surface area (Å²) in [7, 11) is 1.91. The highest BCUT2D eigenvalue weighted by molar-refractivity contribution is 5.68. The van der Waals surface area contributed by atoms with Gasteiger partial charge in [0.25, 0.3) is 0 Å². The van der Waals surface area contributed by atoms with Crippen molar-refractivity contribution in [3.05, 3.63) is 24.3 Å². The van der Waals surface area contributed by atoms with Crippen molar-refractivity contribution in [2.75, 3.05) is 20.1 Å². The SMILES string of the molecule is CNC(c1cnccn1)C1CCN(C(=O)OC(C)(C)C)C1. The van der Waals surface area contributed by atoms with E-state index in [1.807, 2.05) is 27.8 Å². The van der Waals surface area contributed by atoms with Crippen LogP contribution in [0, 0.1) is 5.92 Å². The molecule has 6 heteroatoms. The van der Waals surface area contributed by atoms with Gasteiger partial charge in [-0.1, -0.05) is 0 Å². The Morgan fingerprint density at radius 3 is 2.81 bits per heavy atom. The minimum Gasteiger partial charge on any atom is -0.444 e. The van der Waals surface area contributed by atoms with Gasteiger partial charge in [0.2, 0.25) is 0 Å². The lowest BCUT2D eigenvalue weighted by Gasteiger charge is -2.26. The Kier molecular flexibility index (Phi) is 4.77. The van der Waals surface area contributed by atoms with E-state index in [1.165, 1.54) is 0 Å². The van der Waals surface area contributed by atoms with E-state index in [4.69, 9.17) is 4.74 Å². The third-order valence-electron chi connectivity index (χ3n) is 3.56. The van der Waals surface area contributed by atoms with Crippen LogP contribution in [0.3, 0.4) is 0 Å². The first-order chi connectivity index (χ1) is 9.90. The largest absolute Gasteiger partial charge is 0.444 e. The number of amides is 1. The van der Waals surface area contributed by atoms with Gasteiger partial charge < -0.3 is 15.0 Å². The van der Waals surface area contributed by atoms with Crippen LogP contribution >= 0.6 is 0 Å². The van der Waals surface area contributed by atoms with Crippen LogP contribution in [0.2, 0.25) is 0 Å². The smallest absolute Gasteiger partial charge is 0.410 e. The molecule has 2 heterocycles. The number of ether oxygens (including phenoxy) is 1. The molecule has 21 heavy (non-hydrogen) atoms. The van der Waals surface area contributed by atoms with Crippen LogP contribution in [0.5, 0.6) is 0 Å². The zero-order chi connectivity index (χ0) is 15.5. The molecule has 0 radical (unpaired) electrons. The van der Waals surface area contributed by atoms with Crippen LogP contribution in [0.25, 0.3) is 0 Å². The predicted octanol–water partition coefficient (Wildman–Crippen LogP) is 1.99. The Labute approximate surface area is 125 Å². The zero-order valence-electron chi connectivity index (χ0n) is 13.2. The molecule has 2 unspecified atom stereocenters. The molecule has 1 aliphatic heterocycles. The zero-order valence-corrected chi connectivity index (χ0v) is 13.2. The van der Waals surface area contributed by atoms with E-state index in [0.29, 0.717) is 12.5 Å². The summed E-state index contributed by atoms with van der Waals surface area (Å²) in [6, 6.07) is 0.103. The molecule has 116 valence electrons. The second kappa shape index (κ2) is 6.39. The number of hydrogen-bond acceptors (Lipinski definition) is 5. The van der Waals surface area contributed by atoms with Gasteiger partial charge in [0.15, 0.2) is 0 Å². The van der Waals surface area contributed by atoms with Crippen molar-refractivity contribution in [2.45, 2.75) is 38.8 Å². The van der Waals surface area contributed by atoms with E-state index in [0.717, 1.165) is 18.7 Å². The van der Waals surface area contributed by atoms with Crippen LogP contribution in [0.4, 0.5) is 4.79 Å². The Bertz CT molecular complexity index is 472. The average molecular weight is 292 g/mol. The van der Waals surface area contributed by atoms with Crippen LogP contribution in [-0.2, 0) is 4.74 Å². The molecule has 6 nitrogen and oxygen atoms in total. The summed E-state index contributed by atoms with van der Waals surface area (Å²) in [5.41, 5.74) is 0.457. The fraction of sp³-hybridized carbons (Fsp3) is 0.667. The Hall–Kier alpha value is -1.69. The molecule has 1 fully saturated rings. The molecule has 0 bridgehead atoms. The maximum atomic E-state index is 12.1. The van der Waals surface area contributed by atoms with Crippen molar-refractivity contribution in [3.63, 3.8) is 0 Å². The standard InChI is InChI=1S/C15H24N4O2/c1-15(2,3)21-14(20)19-8-5-11(10-19)13(16-4)12-9-17-6-7-18-12/h6-7,9,11,13,16H,5,8,10H2,1-4H3. The molecule has 1 amide bonds. The van der Waals surface area contributed by atoms with Gasteiger partial charge in [-0.3, -0.25) is 9.97 Å². The highest BCUT2D eigenvalue weighted by Crippen LogP contribution is 2.29. The predicted molar refractivity (Wildman–Crippen MR) is 79.7 cm³/mol. The Morgan fingerprint density at radius 2 is 2.24 bits per heavy atom. The second-order valence-electron chi connectivity index (χ2n) is 6.37. The summed E-state index contributed by atoms with van der Waals surface area (Å²) in [5.74, 6) is 0.319. The van der Waals surface area contributed by atoms with Gasteiger partial charge in [-0.2, -0.15) is 0 Å². The number of nitrogens with one attached hydrogen (secondary N) is 1. The van der Waals surface area contributed by atoms with Crippen molar-refractivity contribution < 1.29 is 9.53 Å². The fourth-order valence-electron chi connectivity index (χ4n) is 2.65. The number of aromatic nitrogens is 2. The number of carbonyl (C=O) groups is 1.